The summed E-state index contributed by atoms with van der Waals surface area (Å²) in [5.74, 6) is -0.539. The predicted molar refractivity (Wildman–Crippen MR) is 96.4 cm³/mol. The Kier molecular flexibility index (Phi) is 4.28. The van der Waals surface area contributed by atoms with Gasteiger partial charge in [-0.25, -0.2) is 0 Å². The molecule has 3 aromatic rings. The molecule has 3 aromatic carbocycles. The van der Waals surface area contributed by atoms with Gasteiger partial charge in [-0.3, -0.25) is 0 Å². The Morgan fingerprint density at radius 3 is 1.96 bits per heavy atom. The first-order valence-electron chi connectivity index (χ1n) is 7.98. The highest BCUT2D eigenvalue weighted by atomic mass is 16.3. The van der Waals surface area contributed by atoms with E-state index in [1.165, 1.54) is 18.2 Å². The molecule has 4 N–H and O–H groups in total. The van der Waals surface area contributed by atoms with Crippen LogP contribution in [0.2, 0.25) is 0 Å². The summed E-state index contributed by atoms with van der Waals surface area (Å²) >= 11 is 0. The number of aromatic hydroxyl groups is 4. The molecule has 0 aliphatic rings. The van der Waals surface area contributed by atoms with Gasteiger partial charge in [-0.2, -0.15) is 0 Å². The third-order valence-corrected chi connectivity index (χ3v) is 4.48. The zero-order valence-electron chi connectivity index (χ0n) is 14.1. The van der Waals surface area contributed by atoms with E-state index >= 15 is 0 Å². The molecule has 128 valence electrons. The maximum Gasteiger partial charge on any atom is 0.126 e. The van der Waals surface area contributed by atoms with Gasteiger partial charge in [-0.05, 0) is 31.5 Å². The van der Waals surface area contributed by atoms with Crippen molar-refractivity contribution < 1.29 is 20.4 Å². The van der Waals surface area contributed by atoms with E-state index in [4.69, 9.17) is 0 Å². The fraction of sp³-hybridized carbons (Fsp3) is 0.143. The highest BCUT2D eigenvalue weighted by Crippen LogP contribution is 2.43. The Morgan fingerprint density at radius 1 is 0.680 bits per heavy atom. The van der Waals surface area contributed by atoms with Crippen molar-refractivity contribution in [2.45, 2.75) is 19.8 Å². The number of benzene rings is 3. The van der Waals surface area contributed by atoms with Gasteiger partial charge < -0.3 is 20.4 Å². The lowest BCUT2D eigenvalue weighted by atomic mass is 9.83. The van der Waals surface area contributed by atoms with E-state index in [9.17, 15) is 20.4 Å². The summed E-state index contributed by atoms with van der Waals surface area (Å²) in [5, 5.41) is 40.4. The topological polar surface area (TPSA) is 80.9 Å². The Labute approximate surface area is 146 Å². The molecule has 0 spiro atoms. The van der Waals surface area contributed by atoms with E-state index in [2.05, 4.69) is 0 Å². The van der Waals surface area contributed by atoms with E-state index in [1.807, 2.05) is 31.2 Å². The van der Waals surface area contributed by atoms with Crippen LogP contribution in [0.3, 0.4) is 0 Å². The van der Waals surface area contributed by atoms with Crippen LogP contribution in [0.4, 0.5) is 0 Å². The lowest BCUT2D eigenvalue weighted by Gasteiger charge is -2.22. The van der Waals surface area contributed by atoms with Gasteiger partial charge in [0, 0.05) is 28.7 Å². The molecule has 0 amide bonds. The van der Waals surface area contributed by atoms with Crippen molar-refractivity contribution in [1.29, 1.82) is 0 Å². The minimum atomic E-state index is -0.444. The van der Waals surface area contributed by atoms with Crippen molar-refractivity contribution in [2.24, 2.45) is 0 Å². The zero-order valence-corrected chi connectivity index (χ0v) is 14.1. The number of hydrogen-bond acceptors (Lipinski definition) is 4. The summed E-state index contributed by atoms with van der Waals surface area (Å²) in [4.78, 5) is 0. The van der Waals surface area contributed by atoms with Crippen molar-refractivity contribution in [3.05, 3.63) is 82.4 Å². The molecule has 0 aliphatic heterocycles. The summed E-state index contributed by atoms with van der Waals surface area (Å²) in [6, 6.07) is 15.4. The van der Waals surface area contributed by atoms with Gasteiger partial charge in [0.05, 0.1) is 0 Å². The molecule has 25 heavy (non-hydrogen) atoms. The van der Waals surface area contributed by atoms with Crippen LogP contribution in [0.1, 0.15) is 33.7 Å². The van der Waals surface area contributed by atoms with Gasteiger partial charge in [0.25, 0.3) is 0 Å². The van der Waals surface area contributed by atoms with E-state index in [1.54, 1.807) is 19.1 Å². The molecule has 1 atom stereocenters. The highest BCUT2D eigenvalue weighted by Gasteiger charge is 2.24. The monoisotopic (exact) mass is 336 g/mol. The molecular weight excluding hydrogens is 316 g/mol. The summed E-state index contributed by atoms with van der Waals surface area (Å²) in [5.41, 5.74) is 3.49. The van der Waals surface area contributed by atoms with Crippen molar-refractivity contribution in [3.8, 4) is 23.0 Å². The Morgan fingerprint density at radius 2 is 1.32 bits per heavy atom. The number of rotatable bonds is 3. The maximum absolute atomic E-state index is 10.6. The van der Waals surface area contributed by atoms with Crippen LogP contribution in [-0.2, 0) is 0 Å². The molecule has 4 heteroatoms. The summed E-state index contributed by atoms with van der Waals surface area (Å²) < 4.78 is 0. The lowest BCUT2D eigenvalue weighted by molar-refractivity contribution is 0.435. The second-order valence-corrected chi connectivity index (χ2v) is 6.23. The van der Waals surface area contributed by atoms with Crippen LogP contribution < -0.4 is 0 Å². The molecule has 0 fully saturated rings. The lowest BCUT2D eigenvalue weighted by Crippen LogP contribution is -2.05. The quantitative estimate of drug-likeness (QED) is 0.537. The van der Waals surface area contributed by atoms with Crippen molar-refractivity contribution in [1.82, 2.24) is 0 Å². The molecule has 0 bridgehead atoms. The normalized spacial score (nSPS) is 12.1. The fourth-order valence-corrected chi connectivity index (χ4v) is 3.01. The van der Waals surface area contributed by atoms with Crippen LogP contribution >= 0.6 is 0 Å². The smallest absolute Gasteiger partial charge is 0.126 e. The van der Waals surface area contributed by atoms with Crippen LogP contribution in [0, 0.1) is 13.8 Å². The van der Waals surface area contributed by atoms with Gasteiger partial charge >= 0.3 is 0 Å². The van der Waals surface area contributed by atoms with Crippen molar-refractivity contribution in [3.63, 3.8) is 0 Å². The second-order valence-electron chi connectivity index (χ2n) is 6.23. The van der Waals surface area contributed by atoms with Gasteiger partial charge in [-0.1, -0.05) is 42.0 Å². The first kappa shape index (κ1) is 16.7. The summed E-state index contributed by atoms with van der Waals surface area (Å²) in [6.07, 6.45) is 0. The molecule has 3 rings (SSSR count). The SMILES string of the molecule is Cc1ccc(C(c2ccc(O)cc2O)c2ccc(O)c(C)c2O)cc1. The minimum Gasteiger partial charge on any atom is -0.508 e. The van der Waals surface area contributed by atoms with Crippen molar-refractivity contribution >= 4 is 0 Å². The molecule has 0 radical (unpaired) electrons. The van der Waals surface area contributed by atoms with Crippen LogP contribution in [0.15, 0.2) is 54.6 Å². The zero-order chi connectivity index (χ0) is 18.1. The molecule has 4 nitrogen and oxygen atoms in total. The molecule has 0 saturated heterocycles. The predicted octanol–water partition coefficient (Wildman–Crippen LogP) is 4.31. The standard InChI is InChI=1S/C21H20O4/c1-12-3-5-14(6-4-12)20(16-8-7-15(22)11-19(16)24)17-9-10-18(23)13(2)21(17)25/h3-11,20,22-25H,1-2H3. The molecule has 1 unspecified atom stereocenters. The van der Waals surface area contributed by atoms with E-state index in [0.717, 1.165) is 11.1 Å². The van der Waals surface area contributed by atoms with E-state index in [0.29, 0.717) is 16.7 Å². The number of aryl methyl sites for hydroxylation is 1. The molecular formula is C21H20O4. The fourth-order valence-electron chi connectivity index (χ4n) is 3.01. The summed E-state index contributed by atoms with van der Waals surface area (Å²) in [6.45, 7) is 3.62. The van der Waals surface area contributed by atoms with E-state index < -0.39 is 5.92 Å². The minimum absolute atomic E-state index is 0.0128. The van der Waals surface area contributed by atoms with E-state index in [-0.39, 0.29) is 23.0 Å². The van der Waals surface area contributed by atoms with Crippen LogP contribution in [0.25, 0.3) is 0 Å². The van der Waals surface area contributed by atoms with Gasteiger partial charge in [0.1, 0.15) is 23.0 Å². The first-order valence-corrected chi connectivity index (χ1v) is 7.98. The summed E-state index contributed by atoms with van der Waals surface area (Å²) in [7, 11) is 0. The first-order chi connectivity index (χ1) is 11.9. The molecule has 0 aromatic heterocycles. The van der Waals surface area contributed by atoms with Gasteiger partial charge in [-0.15, -0.1) is 0 Å². The molecule has 0 aliphatic carbocycles. The average molecular weight is 336 g/mol. The van der Waals surface area contributed by atoms with Gasteiger partial charge in [0.2, 0.25) is 0 Å². The Hall–Kier alpha value is -3.14. The maximum atomic E-state index is 10.6. The highest BCUT2D eigenvalue weighted by molar-refractivity contribution is 5.57. The number of hydrogen-bond donors (Lipinski definition) is 4. The third-order valence-electron chi connectivity index (χ3n) is 4.48. The number of phenolic OH excluding ortho intramolecular Hbond substituents is 4. The molecule has 0 saturated carbocycles. The average Bonchev–Trinajstić information content (AvgIpc) is 2.58. The van der Waals surface area contributed by atoms with Crippen LogP contribution in [-0.4, -0.2) is 20.4 Å². The number of phenols is 4. The van der Waals surface area contributed by atoms with Crippen LogP contribution in [0.5, 0.6) is 23.0 Å². The Balaban J connectivity index is 2.26. The van der Waals surface area contributed by atoms with Gasteiger partial charge in [0.15, 0.2) is 0 Å². The third kappa shape index (κ3) is 3.11. The van der Waals surface area contributed by atoms with Crippen molar-refractivity contribution in [2.75, 3.05) is 0 Å². The largest absolute Gasteiger partial charge is 0.508 e. The molecule has 0 heterocycles. The Bertz CT molecular complexity index is 914. The second kappa shape index (κ2) is 6.40.